The van der Waals surface area contributed by atoms with Crippen molar-refractivity contribution in [3.05, 3.63) is 59.7 Å². The summed E-state index contributed by atoms with van der Waals surface area (Å²) in [5.74, 6) is 0.434. The van der Waals surface area contributed by atoms with Crippen LogP contribution in [0.1, 0.15) is 63.4 Å². The lowest BCUT2D eigenvalue weighted by molar-refractivity contribution is -0.122. The average Bonchev–Trinajstić information content (AvgIpc) is 2.60. The zero-order valence-electron chi connectivity index (χ0n) is 17.5. The molecule has 0 saturated heterocycles. The van der Waals surface area contributed by atoms with Gasteiger partial charge in [-0.15, -0.1) is 0 Å². The standard InChI is InChI=1S/C23H30N2O3/c1-15(2)17-11-8-10-14-20(17)28-16(3)21(26)24-19-13-9-7-12-18(19)22(27)25-23(4,5)6/h7-16H,1-6H3,(H,24,26)(H,25,27)/t16-/m0/s1. The highest BCUT2D eigenvalue weighted by Gasteiger charge is 2.21. The molecule has 2 N–H and O–H groups in total. The van der Waals surface area contributed by atoms with E-state index in [-0.39, 0.29) is 23.3 Å². The summed E-state index contributed by atoms with van der Waals surface area (Å²) < 4.78 is 5.91. The first-order valence-corrected chi connectivity index (χ1v) is 9.56. The first-order chi connectivity index (χ1) is 13.1. The predicted octanol–water partition coefficient (Wildman–Crippen LogP) is 4.74. The van der Waals surface area contributed by atoms with E-state index in [0.29, 0.717) is 17.0 Å². The normalized spacial score (nSPS) is 12.4. The highest BCUT2D eigenvalue weighted by molar-refractivity contribution is 6.04. The van der Waals surface area contributed by atoms with Crippen LogP contribution in [0.15, 0.2) is 48.5 Å². The van der Waals surface area contributed by atoms with Crippen molar-refractivity contribution < 1.29 is 14.3 Å². The lowest BCUT2D eigenvalue weighted by atomic mass is 10.0. The molecule has 2 aromatic rings. The number of benzene rings is 2. The molecule has 150 valence electrons. The molecule has 0 spiro atoms. The molecule has 0 heterocycles. The summed E-state index contributed by atoms with van der Waals surface area (Å²) in [6, 6.07) is 14.7. The molecule has 1 atom stereocenters. The van der Waals surface area contributed by atoms with Gasteiger partial charge in [0.1, 0.15) is 5.75 Å². The molecule has 2 rings (SSSR count). The number of rotatable bonds is 6. The van der Waals surface area contributed by atoms with Crippen molar-refractivity contribution in [2.24, 2.45) is 0 Å². The van der Waals surface area contributed by atoms with E-state index in [0.717, 1.165) is 5.56 Å². The number of hydrogen-bond donors (Lipinski definition) is 2. The van der Waals surface area contributed by atoms with Crippen LogP contribution >= 0.6 is 0 Å². The maximum absolute atomic E-state index is 12.7. The first-order valence-electron chi connectivity index (χ1n) is 9.56. The van der Waals surface area contributed by atoms with E-state index in [1.165, 1.54) is 0 Å². The molecular formula is C23H30N2O3. The first kappa shape index (κ1) is 21.5. The van der Waals surface area contributed by atoms with E-state index in [9.17, 15) is 9.59 Å². The van der Waals surface area contributed by atoms with Crippen LogP contribution < -0.4 is 15.4 Å². The second-order valence-corrected chi connectivity index (χ2v) is 8.19. The third kappa shape index (κ3) is 5.84. The predicted molar refractivity (Wildman–Crippen MR) is 113 cm³/mol. The van der Waals surface area contributed by atoms with Gasteiger partial charge in [0.25, 0.3) is 11.8 Å². The molecule has 28 heavy (non-hydrogen) atoms. The topological polar surface area (TPSA) is 67.4 Å². The van der Waals surface area contributed by atoms with Crippen molar-refractivity contribution in [3.63, 3.8) is 0 Å². The zero-order chi connectivity index (χ0) is 20.9. The Morgan fingerprint density at radius 1 is 0.929 bits per heavy atom. The Kier molecular flexibility index (Phi) is 6.84. The molecule has 0 aliphatic carbocycles. The lowest BCUT2D eigenvalue weighted by Gasteiger charge is -2.22. The maximum Gasteiger partial charge on any atom is 0.265 e. The van der Waals surface area contributed by atoms with Crippen molar-refractivity contribution in [3.8, 4) is 5.75 Å². The van der Waals surface area contributed by atoms with Crippen molar-refractivity contribution >= 4 is 17.5 Å². The van der Waals surface area contributed by atoms with Crippen LogP contribution in [0.2, 0.25) is 0 Å². The van der Waals surface area contributed by atoms with Crippen LogP contribution in [-0.4, -0.2) is 23.5 Å². The fourth-order valence-electron chi connectivity index (χ4n) is 2.74. The van der Waals surface area contributed by atoms with Gasteiger partial charge < -0.3 is 15.4 Å². The summed E-state index contributed by atoms with van der Waals surface area (Å²) in [6.45, 7) is 11.6. The van der Waals surface area contributed by atoms with E-state index < -0.39 is 6.10 Å². The minimum Gasteiger partial charge on any atom is -0.481 e. The number of amides is 2. The van der Waals surface area contributed by atoms with Crippen LogP contribution in [0.4, 0.5) is 5.69 Å². The van der Waals surface area contributed by atoms with Crippen LogP contribution in [0.3, 0.4) is 0 Å². The molecule has 0 aliphatic heterocycles. The number of nitrogens with one attached hydrogen (secondary N) is 2. The van der Waals surface area contributed by atoms with Crippen LogP contribution in [0, 0.1) is 0 Å². The summed E-state index contributed by atoms with van der Waals surface area (Å²) >= 11 is 0. The maximum atomic E-state index is 12.7. The Bertz CT molecular complexity index is 838. The molecule has 0 unspecified atom stereocenters. The van der Waals surface area contributed by atoms with E-state index in [1.54, 1.807) is 31.2 Å². The van der Waals surface area contributed by atoms with Gasteiger partial charge in [0.05, 0.1) is 11.3 Å². The second kappa shape index (κ2) is 8.91. The van der Waals surface area contributed by atoms with Crippen LogP contribution in [0.5, 0.6) is 5.75 Å². The molecule has 0 aromatic heterocycles. The number of carbonyl (C=O) groups is 2. The lowest BCUT2D eigenvalue weighted by Crippen LogP contribution is -2.41. The molecule has 2 amide bonds. The summed E-state index contributed by atoms with van der Waals surface area (Å²) in [7, 11) is 0. The van der Waals surface area contributed by atoms with Gasteiger partial charge in [-0.05, 0) is 57.4 Å². The van der Waals surface area contributed by atoms with Crippen molar-refractivity contribution in [1.82, 2.24) is 5.32 Å². The minimum atomic E-state index is -0.710. The molecule has 5 nitrogen and oxygen atoms in total. The molecule has 0 aliphatic rings. The van der Waals surface area contributed by atoms with E-state index in [4.69, 9.17) is 4.74 Å². The van der Waals surface area contributed by atoms with Crippen molar-refractivity contribution in [2.75, 3.05) is 5.32 Å². The Morgan fingerprint density at radius 3 is 2.18 bits per heavy atom. The number of ether oxygens (including phenoxy) is 1. The summed E-state index contributed by atoms with van der Waals surface area (Å²) in [5.41, 5.74) is 1.56. The summed E-state index contributed by atoms with van der Waals surface area (Å²) in [5, 5.41) is 5.74. The average molecular weight is 383 g/mol. The van der Waals surface area contributed by atoms with Gasteiger partial charge in [0.2, 0.25) is 0 Å². The Balaban J connectivity index is 2.14. The summed E-state index contributed by atoms with van der Waals surface area (Å²) in [6.07, 6.45) is -0.710. The number of anilines is 1. The van der Waals surface area contributed by atoms with Gasteiger partial charge in [0.15, 0.2) is 6.10 Å². The molecule has 2 aromatic carbocycles. The van der Waals surface area contributed by atoms with Gasteiger partial charge in [-0.2, -0.15) is 0 Å². The minimum absolute atomic E-state index is 0.234. The van der Waals surface area contributed by atoms with Gasteiger partial charge in [0, 0.05) is 5.54 Å². The summed E-state index contributed by atoms with van der Waals surface area (Å²) in [4.78, 5) is 25.2. The number of carbonyl (C=O) groups excluding carboxylic acids is 2. The molecule has 5 heteroatoms. The zero-order valence-corrected chi connectivity index (χ0v) is 17.5. The highest BCUT2D eigenvalue weighted by atomic mass is 16.5. The Morgan fingerprint density at radius 2 is 1.54 bits per heavy atom. The number of para-hydroxylation sites is 2. The Hall–Kier alpha value is -2.82. The molecule has 0 bridgehead atoms. The highest BCUT2D eigenvalue weighted by Crippen LogP contribution is 2.27. The molecule has 0 radical (unpaired) electrons. The smallest absolute Gasteiger partial charge is 0.265 e. The molecular weight excluding hydrogens is 352 g/mol. The van der Waals surface area contributed by atoms with Crippen molar-refractivity contribution in [1.29, 1.82) is 0 Å². The van der Waals surface area contributed by atoms with Crippen LogP contribution in [0.25, 0.3) is 0 Å². The molecule has 0 saturated carbocycles. The third-order valence-corrected chi connectivity index (χ3v) is 4.13. The van der Waals surface area contributed by atoms with Gasteiger partial charge in [-0.3, -0.25) is 9.59 Å². The van der Waals surface area contributed by atoms with E-state index >= 15 is 0 Å². The molecule has 0 fully saturated rings. The monoisotopic (exact) mass is 382 g/mol. The fraction of sp³-hybridized carbons (Fsp3) is 0.391. The number of hydrogen-bond acceptors (Lipinski definition) is 3. The fourth-order valence-corrected chi connectivity index (χ4v) is 2.74. The van der Waals surface area contributed by atoms with Gasteiger partial charge in [-0.1, -0.05) is 44.2 Å². The second-order valence-electron chi connectivity index (χ2n) is 8.19. The van der Waals surface area contributed by atoms with Crippen molar-refractivity contribution in [2.45, 2.75) is 59.1 Å². The third-order valence-electron chi connectivity index (χ3n) is 4.13. The quantitative estimate of drug-likeness (QED) is 0.758. The Labute approximate surface area is 167 Å². The van der Waals surface area contributed by atoms with E-state index in [1.807, 2.05) is 45.0 Å². The largest absolute Gasteiger partial charge is 0.481 e. The van der Waals surface area contributed by atoms with Gasteiger partial charge >= 0.3 is 0 Å². The SMILES string of the molecule is CC(C)c1ccccc1O[C@@H](C)C(=O)Nc1ccccc1C(=O)NC(C)(C)C. The van der Waals surface area contributed by atoms with Crippen LogP contribution in [-0.2, 0) is 4.79 Å². The van der Waals surface area contributed by atoms with E-state index in [2.05, 4.69) is 24.5 Å². The van der Waals surface area contributed by atoms with Gasteiger partial charge in [-0.25, -0.2) is 0 Å².